The van der Waals surface area contributed by atoms with Crippen LogP contribution in [0.1, 0.15) is 133 Å². The molecular weight excluding hydrogens is 706 g/mol. The number of carboxylic acids is 3. The Kier molecular flexibility index (Phi) is 21.6. The van der Waals surface area contributed by atoms with E-state index in [1.807, 2.05) is 0 Å². The standard InChI is InChI=1S/3C12H26NO.C6H8O7/c3*1-6-9-14-11-7-8-13(4,5)12(2,3)10-11;7-3(8)1-6(13,5(11)12)2-4(9)10/h3*11H,6-10H2,1-5H3;13H,1-2H2,(H,7,8)(H,9,10)(H,11,12)/q3*+1;/p-3. The summed E-state index contributed by atoms with van der Waals surface area (Å²) in [6.45, 7) is 27.1. The summed E-state index contributed by atoms with van der Waals surface area (Å²) >= 11 is 0. The van der Waals surface area contributed by atoms with Gasteiger partial charge in [0.05, 0.1) is 103 Å². The van der Waals surface area contributed by atoms with Gasteiger partial charge in [0.2, 0.25) is 0 Å². The lowest BCUT2D eigenvalue weighted by Gasteiger charge is -2.50. The van der Waals surface area contributed by atoms with Gasteiger partial charge < -0.3 is 62.5 Å². The molecule has 13 heteroatoms. The third-order valence-electron chi connectivity index (χ3n) is 13.1. The molecule has 3 fully saturated rings. The van der Waals surface area contributed by atoms with Crippen molar-refractivity contribution >= 4 is 17.9 Å². The number of ether oxygens (including phenoxy) is 3. The Bertz CT molecular complexity index is 1050. The zero-order chi connectivity index (χ0) is 43.1. The van der Waals surface area contributed by atoms with Crippen molar-refractivity contribution in [2.75, 3.05) is 81.7 Å². The molecule has 0 spiro atoms. The van der Waals surface area contributed by atoms with Crippen molar-refractivity contribution in [2.45, 2.75) is 173 Å². The first-order valence-electron chi connectivity index (χ1n) is 20.6. The predicted molar refractivity (Wildman–Crippen MR) is 210 cm³/mol. The van der Waals surface area contributed by atoms with Gasteiger partial charge in [-0.05, 0) is 60.8 Å². The second-order valence-corrected chi connectivity index (χ2v) is 19.5. The number of quaternary nitrogens is 3. The molecule has 3 aliphatic rings. The molecule has 0 aromatic rings. The van der Waals surface area contributed by atoms with Gasteiger partial charge in [-0.1, -0.05) is 20.8 Å². The monoisotopic (exact) mass is 790 g/mol. The van der Waals surface area contributed by atoms with E-state index in [4.69, 9.17) is 19.3 Å². The molecule has 1 N–H and O–H groups in total. The zero-order valence-corrected chi connectivity index (χ0v) is 37.7. The van der Waals surface area contributed by atoms with E-state index in [2.05, 4.69) is 105 Å². The number of carboxylic acid groups (broad SMARTS) is 3. The minimum Gasteiger partial charge on any atom is -0.550 e. The number of hydrogen-bond acceptors (Lipinski definition) is 10. The van der Waals surface area contributed by atoms with Gasteiger partial charge in [0.1, 0.15) is 5.60 Å². The highest BCUT2D eigenvalue weighted by Crippen LogP contribution is 2.35. The molecule has 326 valence electrons. The molecule has 3 unspecified atom stereocenters. The Morgan fingerprint density at radius 1 is 0.564 bits per heavy atom. The Balaban J connectivity index is 0.000000707. The first-order chi connectivity index (χ1) is 24.9. The topological polar surface area (TPSA) is 168 Å². The fourth-order valence-corrected chi connectivity index (χ4v) is 6.99. The highest BCUT2D eigenvalue weighted by Gasteiger charge is 2.45. The summed E-state index contributed by atoms with van der Waals surface area (Å²) in [6, 6.07) is 0. The van der Waals surface area contributed by atoms with Crippen LogP contribution in [0.4, 0.5) is 0 Å². The minimum absolute atomic E-state index is 0.358. The number of piperidine rings is 3. The molecular formula is C42H83N3O10. The van der Waals surface area contributed by atoms with Crippen molar-refractivity contribution in [3.8, 4) is 0 Å². The van der Waals surface area contributed by atoms with Crippen molar-refractivity contribution in [1.82, 2.24) is 0 Å². The molecule has 3 atom stereocenters. The van der Waals surface area contributed by atoms with Crippen molar-refractivity contribution in [3.63, 3.8) is 0 Å². The summed E-state index contributed by atoms with van der Waals surface area (Å²) in [5.41, 5.74) is -1.90. The summed E-state index contributed by atoms with van der Waals surface area (Å²) in [7, 11) is 14.0. The average Bonchev–Trinajstić information content (AvgIpc) is 3.03. The van der Waals surface area contributed by atoms with E-state index in [0.717, 1.165) is 52.5 Å². The lowest BCUT2D eigenvalue weighted by molar-refractivity contribution is -0.944. The van der Waals surface area contributed by atoms with Crippen molar-refractivity contribution in [2.24, 2.45) is 0 Å². The lowest BCUT2D eigenvalue weighted by atomic mass is 9.86. The fraction of sp³-hybridized carbons (Fsp3) is 0.929. The first-order valence-corrected chi connectivity index (χ1v) is 20.6. The van der Waals surface area contributed by atoms with E-state index < -0.39 is 36.4 Å². The van der Waals surface area contributed by atoms with Crippen LogP contribution >= 0.6 is 0 Å². The number of likely N-dealkylation sites (tertiary alicyclic amines) is 3. The molecule has 55 heavy (non-hydrogen) atoms. The van der Waals surface area contributed by atoms with Crippen LogP contribution in [0.5, 0.6) is 0 Å². The molecule has 3 saturated heterocycles. The summed E-state index contributed by atoms with van der Waals surface area (Å²) in [4.78, 5) is 30.0. The molecule has 3 rings (SSSR count). The van der Waals surface area contributed by atoms with E-state index in [-0.39, 0.29) is 0 Å². The second kappa shape index (κ2) is 22.3. The highest BCUT2D eigenvalue weighted by atomic mass is 16.5. The van der Waals surface area contributed by atoms with E-state index >= 15 is 0 Å². The van der Waals surface area contributed by atoms with Crippen LogP contribution < -0.4 is 15.3 Å². The van der Waals surface area contributed by atoms with Gasteiger partial charge in [-0.3, -0.25) is 0 Å². The summed E-state index contributed by atoms with van der Waals surface area (Å²) < 4.78 is 20.9. The maximum absolute atomic E-state index is 10.1. The molecule has 3 heterocycles. The zero-order valence-electron chi connectivity index (χ0n) is 37.7. The molecule has 0 saturated carbocycles. The smallest absolute Gasteiger partial charge is 0.114 e. The molecule has 3 aliphatic heterocycles. The summed E-state index contributed by atoms with van der Waals surface area (Å²) in [5.74, 6) is -5.98. The number of carbonyl (C=O) groups is 3. The van der Waals surface area contributed by atoms with Crippen molar-refractivity contribution < 1.29 is 62.5 Å². The summed E-state index contributed by atoms with van der Waals surface area (Å²) in [6.07, 6.45) is 9.42. The number of aliphatic carboxylic acids is 3. The van der Waals surface area contributed by atoms with Crippen LogP contribution in [0.25, 0.3) is 0 Å². The Morgan fingerprint density at radius 3 is 0.964 bits per heavy atom. The van der Waals surface area contributed by atoms with Crippen LogP contribution in [-0.2, 0) is 28.6 Å². The van der Waals surface area contributed by atoms with Crippen LogP contribution in [0.15, 0.2) is 0 Å². The molecule has 0 aromatic carbocycles. The van der Waals surface area contributed by atoms with Crippen LogP contribution in [0.2, 0.25) is 0 Å². The number of aliphatic hydroxyl groups is 1. The number of hydrogen-bond donors (Lipinski definition) is 1. The van der Waals surface area contributed by atoms with Crippen molar-refractivity contribution in [3.05, 3.63) is 0 Å². The molecule has 0 radical (unpaired) electrons. The molecule has 13 nitrogen and oxygen atoms in total. The first kappa shape index (κ1) is 53.1. The molecule has 0 aliphatic carbocycles. The van der Waals surface area contributed by atoms with Gasteiger partial charge in [0, 0.05) is 83.1 Å². The van der Waals surface area contributed by atoms with Gasteiger partial charge in [-0.2, -0.15) is 0 Å². The molecule has 0 aromatic heterocycles. The van der Waals surface area contributed by atoms with Crippen LogP contribution in [-0.4, -0.2) is 159 Å². The lowest BCUT2D eigenvalue weighted by Crippen LogP contribution is -2.61. The highest BCUT2D eigenvalue weighted by molar-refractivity contribution is 5.86. The number of carbonyl (C=O) groups excluding carboxylic acids is 3. The quantitative estimate of drug-likeness (QED) is 0.257. The number of nitrogens with zero attached hydrogens (tertiary/aromatic N) is 3. The SMILES string of the molecule is CCCOC1CC[N+](C)(C)C(C)(C)C1.CCCOC1CC[N+](C)(C)C(C)(C)C1.CCCOC1CC[N+](C)(C)C(C)(C)C1.O=C([O-])CC(O)(CC(=O)[O-])C(=O)[O-]. The van der Waals surface area contributed by atoms with Gasteiger partial charge in [0.15, 0.2) is 0 Å². The normalized spacial score (nSPS) is 25.6. The van der Waals surface area contributed by atoms with Gasteiger partial charge in [-0.25, -0.2) is 0 Å². The Morgan fingerprint density at radius 2 is 0.800 bits per heavy atom. The Hall–Kier alpha value is -1.87. The molecule has 0 amide bonds. The van der Waals surface area contributed by atoms with E-state index in [1.54, 1.807) is 0 Å². The summed E-state index contributed by atoms with van der Waals surface area (Å²) in [5, 5.41) is 38.9. The molecule has 0 bridgehead atoms. The average molecular weight is 790 g/mol. The van der Waals surface area contributed by atoms with E-state index in [0.29, 0.717) is 34.9 Å². The Labute approximate surface area is 335 Å². The van der Waals surface area contributed by atoms with Crippen LogP contribution in [0.3, 0.4) is 0 Å². The largest absolute Gasteiger partial charge is 0.550 e. The minimum atomic E-state index is -2.97. The predicted octanol–water partition coefficient (Wildman–Crippen LogP) is 2.04. The van der Waals surface area contributed by atoms with Gasteiger partial charge in [0.25, 0.3) is 0 Å². The van der Waals surface area contributed by atoms with Gasteiger partial charge in [-0.15, -0.1) is 0 Å². The van der Waals surface area contributed by atoms with Crippen LogP contribution in [0, 0.1) is 0 Å². The number of rotatable bonds is 14. The maximum atomic E-state index is 10.1. The third kappa shape index (κ3) is 17.7. The third-order valence-corrected chi connectivity index (χ3v) is 13.1. The van der Waals surface area contributed by atoms with Gasteiger partial charge >= 0.3 is 0 Å². The second-order valence-electron chi connectivity index (χ2n) is 19.5. The maximum Gasteiger partial charge on any atom is 0.114 e. The van der Waals surface area contributed by atoms with E-state index in [1.165, 1.54) is 58.2 Å². The van der Waals surface area contributed by atoms with Crippen molar-refractivity contribution in [1.29, 1.82) is 0 Å². The fourth-order valence-electron chi connectivity index (χ4n) is 6.99. The van der Waals surface area contributed by atoms with E-state index in [9.17, 15) is 29.7 Å².